The van der Waals surface area contributed by atoms with Crippen LogP contribution in [0.25, 0.3) is 21.3 Å². The van der Waals surface area contributed by atoms with E-state index in [1.54, 1.807) is 4.68 Å². The van der Waals surface area contributed by atoms with Crippen molar-refractivity contribution in [3.8, 4) is 11.1 Å². The van der Waals surface area contributed by atoms with Gasteiger partial charge in [0.1, 0.15) is 5.82 Å². The third-order valence-corrected chi connectivity index (χ3v) is 4.81. The Morgan fingerprint density at radius 1 is 1.37 bits per heavy atom. The van der Waals surface area contributed by atoms with Crippen LogP contribution in [-0.2, 0) is 7.05 Å². The summed E-state index contributed by atoms with van der Waals surface area (Å²) in [5.74, 6) is 1.41. The minimum atomic E-state index is 0.700. The molecule has 1 fully saturated rings. The van der Waals surface area contributed by atoms with Crippen molar-refractivity contribution in [1.82, 2.24) is 14.8 Å². The van der Waals surface area contributed by atoms with E-state index in [4.69, 9.17) is 10.7 Å². The molecule has 3 aromatic rings. The molecule has 0 bridgehead atoms. The predicted molar refractivity (Wildman–Crippen MR) is 78.2 cm³/mol. The average molecular weight is 270 g/mol. The number of aromatic nitrogens is 3. The predicted octanol–water partition coefficient (Wildman–Crippen LogP) is 3.16. The molecule has 2 N–H and O–H groups in total. The molecule has 96 valence electrons. The highest BCUT2D eigenvalue weighted by atomic mass is 32.1. The van der Waals surface area contributed by atoms with Gasteiger partial charge < -0.3 is 5.73 Å². The van der Waals surface area contributed by atoms with E-state index in [0.29, 0.717) is 11.7 Å². The van der Waals surface area contributed by atoms with Gasteiger partial charge in [-0.05, 0) is 30.5 Å². The van der Waals surface area contributed by atoms with Crippen molar-refractivity contribution in [2.75, 3.05) is 5.73 Å². The molecule has 0 saturated heterocycles. The summed E-state index contributed by atoms with van der Waals surface area (Å²) in [5, 5.41) is 5.48. The Bertz CT molecular complexity index is 767. The molecule has 1 saturated carbocycles. The maximum Gasteiger partial charge on any atom is 0.129 e. The monoisotopic (exact) mass is 270 g/mol. The summed E-state index contributed by atoms with van der Waals surface area (Å²) < 4.78 is 2.93. The van der Waals surface area contributed by atoms with E-state index in [2.05, 4.69) is 23.3 Å². The van der Waals surface area contributed by atoms with Gasteiger partial charge in [0.05, 0.1) is 21.4 Å². The van der Waals surface area contributed by atoms with Gasteiger partial charge in [-0.15, -0.1) is 11.3 Å². The first-order valence-corrected chi connectivity index (χ1v) is 7.22. The lowest BCUT2D eigenvalue weighted by molar-refractivity contribution is 0.779. The smallest absolute Gasteiger partial charge is 0.129 e. The van der Waals surface area contributed by atoms with E-state index in [9.17, 15) is 0 Å². The van der Waals surface area contributed by atoms with E-state index in [1.165, 1.54) is 22.5 Å². The number of nitrogens with two attached hydrogens (primary N) is 1. The Morgan fingerprint density at radius 2 is 2.21 bits per heavy atom. The van der Waals surface area contributed by atoms with Gasteiger partial charge in [0.25, 0.3) is 0 Å². The van der Waals surface area contributed by atoms with Crippen molar-refractivity contribution in [3.63, 3.8) is 0 Å². The average Bonchev–Trinajstić information content (AvgIpc) is 3.10. The molecule has 2 aromatic heterocycles. The van der Waals surface area contributed by atoms with Gasteiger partial charge in [0.15, 0.2) is 0 Å². The molecule has 0 unspecified atom stereocenters. The van der Waals surface area contributed by atoms with E-state index < -0.39 is 0 Å². The van der Waals surface area contributed by atoms with Crippen LogP contribution in [-0.4, -0.2) is 14.8 Å². The zero-order valence-electron chi connectivity index (χ0n) is 10.6. The third-order valence-electron chi connectivity index (χ3n) is 3.63. The first kappa shape index (κ1) is 11.0. The largest absolute Gasteiger partial charge is 0.383 e. The van der Waals surface area contributed by atoms with Crippen LogP contribution in [0.5, 0.6) is 0 Å². The summed E-state index contributed by atoms with van der Waals surface area (Å²) in [6, 6.07) is 6.33. The molecular weight excluding hydrogens is 256 g/mol. The fourth-order valence-electron chi connectivity index (χ4n) is 2.28. The van der Waals surface area contributed by atoms with Crippen molar-refractivity contribution in [2.45, 2.75) is 18.8 Å². The van der Waals surface area contributed by atoms with Crippen molar-refractivity contribution >= 4 is 27.4 Å². The number of hydrogen-bond acceptors (Lipinski definition) is 4. The number of nitrogens with zero attached hydrogens (tertiary/aromatic N) is 3. The molecule has 5 heteroatoms. The first-order valence-electron chi connectivity index (χ1n) is 6.41. The Morgan fingerprint density at radius 3 is 2.89 bits per heavy atom. The quantitative estimate of drug-likeness (QED) is 0.778. The van der Waals surface area contributed by atoms with Gasteiger partial charge in [0.2, 0.25) is 0 Å². The molecule has 2 heterocycles. The number of anilines is 1. The molecule has 19 heavy (non-hydrogen) atoms. The Kier molecular flexibility index (Phi) is 2.20. The summed E-state index contributed by atoms with van der Waals surface area (Å²) >= 11 is 1.81. The van der Waals surface area contributed by atoms with Crippen LogP contribution < -0.4 is 5.73 Å². The molecule has 0 aliphatic heterocycles. The van der Waals surface area contributed by atoms with Crippen LogP contribution >= 0.6 is 11.3 Å². The maximum atomic E-state index is 6.03. The normalized spacial score (nSPS) is 15.2. The van der Waals surface area contributed by atoms with Crippen LogP contribution in [0.3, 0.4) is 0 Å². The molecule has 0 radical (unpaired) electrons. The molecule has 1 aliphatic rings. The summed E-state index contributed by atoms with van der Waals surface area (Å²) in [6.45, 7) is 0. The lowest BCUT2D eigenvalue weighted by Gasteiger charge is -2.00. The van der Waals surface area contributed by atoms with Crippen LogP contribution in [0, 0.1) is 0 Å². The van der Waals surface area contributed by atoms with Crippen LogP contribution in [0.2, 0.25) is 0 Å². The van der Waals surface area contributed by atoms with E-state index in [-0.39, 0.29) is 0 Å². The van der Waals surface area contributed by atoms with Crippen LogP contribution in [0.4, 0.5) is 5.82 Å². The van der Waals surface area contributed by atoms with Crippen molar-refractivity contribution in [2.24, 2.45) is 7.05 Å². The second-order valence-electron chi connectivity index (χ2n) is 5.08. The standard InChI is InChI=1S/C14H14N4S/c1-18-13(15)10(7-16-18)9-4-5-11-12(6-9)19-14(17-11)8-2-3-8/h4-8H,2-3,15H2,1H3. The summed E-state index contributed by atoms with van der Waals surface area (Å²) in [7, 11) is 1.86. The minimum absolute atomic E-state index is 0.700. The maximum absolute atomic E-state index is 6.03. The number of hydrogen-bond donors (Lipinski definition) is 1. The lowest BCUT2D eigenvalue weighted by atomic mass is 10.1. The molecule has 0 spiro atoms. The molecule has 4 rings (SSSR count). The Balaban J connectivity index is 1.84. The summed E-state index contributed by atoms with van der Waals surface area (Å²) in [5.41, 5.74) is 9.23. The van der Waals surface area contributed by atoms with Crippen LogP contribution in [0.15, 0.2) is 24.4 Å². The fraction of sp³-hybridized carbons (Fsp3) is 0.286. The number of fused-ring (bicyclic) bond motifs is 1. The van der Waals surface area contributed by atoms with Crippen molar-refractivity contribution < 1.29 is 0 Å². The molecule has 0 atom stereocenters. The van der Waals surface area contributed by atoms with Gasteiger partial charge in [-0.1, -0.05) is 6.07 Å². The number of nitrogen functional groups attached to an aromatic ring is 1. The summed E-state index contributed by atoms with van der Waals surface area (Å²) in [4.78, 5) is 4.70. The molecular formula is C14H14N4S. The van der Waals surface area contributed by atoms with E-state index in [1.807, 2.05) is 24.6 Å². The Hall–Kier alpha value is -1.88. The summed E-state index contributed by atoms with van der Waals surface area (Å²) in [6.07, 6.45) is 4.41. The highest BCUT2D eigenvalue weighted by Crippen LogP contribution is 2.43. The van der Waals surface area contributed by atoms with Crippen molar-refractivity contribution in [3.05, 3.63) is 29.4 Å². The third kappa shape index (κ3) is 1.73. The van der Waals surface area contributed by atoms with Crippen molar-refractivity contribution in [1.29, 1.82) is 0 Å². The Labute approximate surface area is 114 Å². The SMILES string of the molecule is Cn1ncc(-c2ccc3nc(C4CC4)sc3c2)c1N. The zero-order valence-corrected chi connectivity index (χ0v) is 11.4. The van der Waals surface area contributed by atoms with Gasteiger partial charge in [-0.25, -0.2) is 4.98 Å². The number of rotatable bonds is 2. The second kappa shape index (κ2) is 3.81. The molecule has 4 nitrogen and oxygen atoms in total. The minimum Gasteiger partial charge on any atom is -0.383 e. The van der Waals surface area contributed by atoms with Gasteiger partial charge >= 0.3 is 0 Å². The van der Waals surface area contributed by atoms with Gasteiger partial charge in [0, 0.05) is 18.5 Å². The van der Waals surface area contributed by atoms with Crippen LogP contribution in [0.1, 0.15) is 23.8 Å². The number of aryl methyl sites for hydroxylation is 1. The lowest BCUT2D eigenvalue weighted by Crippen LogP contribution is -1.97. The molecule has 0 amide bonds. The topological polar surface area (TPSA) is 56.7 Å². The van der Waals surface area contributed by atoms with Gasteiger partial charge in [-0.2, -0.15) is 5.10 Å². The van der Waals surface area contributed by atoms with E-state index >= 15 is 0 Å². The van der Waals surface area contributed by atoms with Gasteiger partial charge in [-0.3, -0.25) is 4.68 Å². The number of benzene rings is 1. The first-order chi connectivity index (χ1) is 9.22. The highest BCUT2D eigenvalue weighted by molar-refractivity contribution is 7.18. The molecule has 1 aliphatic carbocycles. The van der Waals surface area contributed by atoms with E-state index in [0.717, 1.165) is 16.6 Å². The highest BCUT2D eigenvalue weighted by Gasteiger charge is 2.27. The zero-order chi connectivity index (χ0) is 13.0. The second-order valence-corrected chi connectivity index (χ2v) is 6.14. The fourth-order valence-corrected chi connectivity index (χ4v) is 3.46. The molecule has 1 aromatic carbocycles. The number of thiazole rings is 1.